The Hall–Kier alpha value is -3.15. The molecule has 6 nitrogen and oxygen atoms in total. The molecule has 1 saturated heterocycles. The zero-order chi connectivity index (χ0) is 17.3. The Bertz CT molecular complexity index is 831. The molecule has 0 saturated carbocycles. The molecule has 2 aromatic rings. The molecule has 24 heavy (non-hydrogen) atoms. The number of nitrogens with zero attached hydrogens (tertiary/aromatic N) is 1. The summed E-state index contributed by atoms with van der Waals surface area (Å²) in [5.41, 5.74) is 2.12. The van der Waals surface area contributed by atoms with Crippen molar-refractivity contribution in [1.82, 2.24) is 0 Å². The van der Waals surface area contributed by atoms with Crippen molar-refractivity contribution < 1.29 is 19.5 Å². The van der Waals surface area contributed by atoms with Crippen molar-refractivity contribution in [3.05, 3.63) is 59.7 Å². The number of aryl methyl sites for hydroxylation is 1. The Morgan fingerprint density at radius 2 is 1.92 bits per heavy atom. The SMILES string of the molecule is Cc1cccc(N[C@H]2CC(=O)N(c3cccc(C(=O)O)c3)C2=O)c1. The third-order valence-corrected chi connectivity index (χ3v) is 3.86. The van der Waals surface area contributed by atoms with Crippen LogP contribution < -0.4 is 10.2 Å². The molecule has 1 fully saturated rings. The van der Waals surface area contributed by atoms with E-state index in [2.05, 4.69) is 5.32 Å². The van der Waals surface area contributed by atoms with Gasteiger partial charge < -0.3 is 10.4 Å². The summed E-state index contributed by atoms with van der Waals surface area (Å²) in [6.45, 7) is 1.94. The zero-order valence-electron chi connectivity index (χ0n) is 13.0. The summed E-state index contributed by atoms with van der Waals surface area (Å²) in [7, 11) is 0. The molecule has 0 bridgehead atoms. The van der Waals surface area contributed by atoms with Gasteiger partial charge in [-0.15, -0.1) is 0 Å². The molecule has 6 heteroatoms. The number of amides is 2. The standard InChI is InChI=1S/C18H16N2O4/c1-11-4-2-6-13(8-11)19-15-10-16(21)20(17(15)22)14-7-3-5-12(9-14)18(23)24/h2-9,15,19H,10H2,1H3,(H,23,24)/t15-/m0/s1. The number of aromatic carboxylic acids is 1. The van der Waals surface area contributed by atoms with Gasteiger partial charge in [0.05, 0.1) is 17.7 Å². The minimum Gasteiger partial charge on any atom is -0.478 e. The fourth-order valence-electron chi connectivity index (χ4n) is 2.73. The quantitative estimate of drug-likeness (QED) is 0.844. The first-order chi connectivity index (χ1) is 11.5. The van der Waals surface area contributed by atoms with Gasteiger partial charge in [-0.3, -0.25) is 9.59 Å². The zero-order valence-corrected chi connectivity index (χ0v) is 13.0. The first-order valence-corrected chi connectivity index (χ1v) is 7.49. The van der Waals surface area contributed by atoms with Crippen molar-refractivity contribution in [2.24, 2.45) is 0 Å². The molecule has 1 aliphatic heterocycles. The lowest BCUT2D eigenvalue weighted by Gasteiger charge is -2.16. The van der Waals surface area contributed by atoms with Crippen molar-refractivity contribution in [3.63, 3.8) is 0 Å². The number of carboxylic acids is 1. The second-order valence-corrected chi connectivity index (χ2v) is 5.69. The Morgan fingerprint density at radius 1 is 1.17 bits per heavy atom. The van der Waals surface area contributed by atoms with Gasteiger partial charge in [0.1, 0.15) is 6.04 Å². The number of benzene rings is 2. The summed E-state index contributed by atoms with van der Waals surface area (Å²) in [5.74, 6) is -1.85. The van der Waals surface area contributed by atoms with E-state index in [1.165, 1.54) is 18.2 Å². The third kappa shape index (κ3) is 2.99. The van der Waals surface area contributed by atoms with Gasteiger partial charge >= 0.3 is 5.97 Å². The molecule has 0 aliphatic carbocycles. The van der Waals surface area contributed by atoms with Crippen LogP contribution >= 0.6 is 0 Å². The van der Waals surface area contributed by atoms with Crippen LogP contribution in [-0.2, 0) is 9.59 Å². The molecule has 122 valence electrons. The number of hydrogen-bond donors (Lipinski definition) is 2. The van der Waals surface area contributed by atoms with E-state index in [1.54, 1.807) is 6.07 Å². The van der Waals surface area contributed by atoms with E-state index in [0.717, 1.165) is 16.2 Å². The van der Waals surface area contributed by atoms with Crippen molar-refractivity contribution in [2.45, 2.75) is 19.4 Å². The van der Waals surface area contributed by atoms with Crippen molar-refractivity contribution >= 4 is 29.2 Å². The average Bonchev–Trinajstić information content (AvgIpc) is 2.81. The normalized spacial score (nSPS) is 17.2. The molecule has 1 aliphatic rings. The highest BCUT2D eigenvalue weighted by atomic mass is 16.4. The fourth-order valence-corrected chi connectivity index (χ4v) is 2.73. The summed E-state index contributed by atoms with van der Waals surface area (Å²) in [5, 5.41) is 12.1. The topological polar surface area (TPSA) is 86.7 Å². The van der Waals surface area contributed by atoms with Crippen LogP contribution in [0.1, 0.15) is 22.3 Å². The van der Waals surface area contributed by atoms with Crippen molar-refractivity contribution in [2.75, 3.05) is 10.2 Å². The lowest BCUT2D eigenvalue weighted by molar-refractivity contribution is -0.121. The van der Waals surface area contributed by atoms with Gasteiger partial charge in [0.2, 0.25) is 5.91 Å². The van der Waals surface area contributed by atoms with Gasteiger partial charge in [0, 0.05) is 5.69 Å². The number of rotatable bonds is 4. The number of carboxylic acid groups (broad SMARTS) is 1. The van der Waals surface area contributed by atoms with Gasteiger partial charge in [-0.05, 0) is 42.8 Å². The van der Waals surface area contributed by atoms with Gasteiger partial charge in [0.15, 0.2) is 0 Å². The number of nitrogens with one attached hydrogen (secondary N) is 1. The van der Waals surface area contributed by atoms with Crippen LogP contribution in [0.25, 0.3) is 0 Å². The maximum absolute atomic E-state index is 12.6. The largest absolute Gasteiger partial charge is 0.478 e. The lowest BCUT2D eigenvalue weighted by Crippen LogP contribution is -2.34. The van der Waals surface area contributed by atoms with Gasteiger partial charge in [0.25, 0.3) is 5.91 Å². The number of hydrogen-bond acceptors (Lipinski definition) is 4. The van der Waals surface area contributed by atoms with E-state index < -0.39 is 12.0 Å². The minimum absolute atomic E-state index is 0.0307. The smallest absolute Gasteiger partial charge is 0.335 e. The highest BCUT2D eigenvalue weighted by molar-refractivity contribution is 6.23. The molecule has 0 spiro atoms. The molecule has 2 aromatic carbocycles. The summed E-state index contributed by atoms with van der Waals surface area (Å²) in [6, 6.07) is 12.7. The molecule has 0 aromatic heterocycles. The molecule has 1 atom stereocenters. The molecular formula is C18H16N2O4. The molecule has 0 radical (unpaired) electrons. The van der Waals surface area contributed by atoms with Gasteiger partial charge in [-0.25, -0.2) is 9.69 Å². The Labute approximate surface area is 138 Å². The third-order valence-electron chi connectivity index (χ3n) is 3.86. The number of carbonyl (C=O) groups excluding carboxylic acids is 2. The van der Waals surface area contributed by atoms with Crippen LogP contribution in [0.4, 0.5) is 11.4 Å². The summed E-state index contributed by atoms with van der Waals surface area (Å²) in [6.07, 6.45) is 0.0318. The number of carbonyl (C=O) groups is 3. The van der Waals surface area contributed by atoms with Gasteiger partial charge in [-0.1, -0.05) is 18.2 Å². The number of imide groups is 1. The maximum atomic E-state index is 12.6. The Balaban J connectivity index is 1.84. The van der Waals surface area contributed by atoms with Crippen LogP contribution in [0, 0.1) is 6.92 Å². The van der Waals surface area contributed by atoms with Crippen LogP contribution in [-0.4, -0.2) is 28.9 Å². The molecule has 1 heterocycles. The number of anilines is 2. The van der Waals surface area contributed by atoms with E-state index in [-0.39, 0.29) is 29.5 Å². The minimum atomic E-state index is -1.11. The average molecular weight is 324 g/mol. The van der Waals surface area contributed by atoms with Gasteiger partial charge in [-0.2, -0.15) is 0 Å². The Morgan fingerprint density at radius 3 is 2.62 bits per heavy atom. The predicted octanol–water partition coefficient (Wildman–Crippen LogP) is 2.44. The van der Waals surface area contributed by atoms with Crippen LogP contribution in [0.3, 0.4) is 0 Å². The predicted molar refractivity (Wildman–Crippen MR) is 89.1 cm³/mol. The van der Waals surface area contributed by atoms with Crippen LogP contribution in [0.15, 0.2) is 48.5 Å². The maximum Gasteiger partial charge on any atom is 0.335 e. The van der Waals surface area contributed by atoms with Crippen LogP contribution in [0.5, 0.6) is 0 Å². The monoisotopic (exact) mass is 324 g/mol. The second kappa shape index (κ2) is 6.16. The van der Waals surface area contributed by atoms with Crippen LogP contribution in [0.2, 0.25) is 0 Å². The summed E-state index contributed by atoms with van der Waals surface area (Å²) < 4.78 is 0. The van der Waals surface area contributed by atoms with E-state index in [1.807, 2.05) is 31.2 Å². The highest BCUT2D eigenvalue weighted by Crippen LogP contribution is 2.26. The molecule has 2 N–H and O–H groups in total. The highest BCUT2D eigenvalue weighted by Gasteiger charge is 2.39. The van der Waals surface area contributed by atoms with E-state index in [9.17, 15) is 14.4 Å². The van der Waals surface area contributed by atoms with Crippen molar-refractivity contribution in [3.8, 4) is 0 Å². The Kier molecular flexibility index (Phi) is 4.04. The molecule has 3 rings (SSSR count). The summed E-state index contributed by atoms with van der Waals surface area (Å²) in [4.78, 5) is 36.9. The van der Waals surface area contributed by atoms with Crippen molar-refractivity contribution in [1.29, 1.82) is 0 Å². The van der Waals surface area contributed by atoms with E-state index in [0.29, 0.717) is 0 Å². The molecule has 0 unspecified atom stereocenters. The first-order valence-electron chi connectivity index (χ1n) is 7.49. The molecular weight excluding hydrogens is 308 g/mol. The summed E-state index contributed by atoms with van der Waals surface area (Å²) >= 11 is 0. The fraction of sp³-hybridized carbons (Fsp3) is 0.167. The second-order valence-electron chi connectivity index (χ2n) is 5.69. The molecule has 2 amide bonds. The first kappa shape index (κ1) is 15.7. The lowest BCUT2D eigenvalue weighted by atomic mass is 10.2. The van der Waals surface area contributed by atoms with E-state index in [4.69, 9.17) is 5.11 Å². The van der Waals surface area contributed by atoms with E-state index >= 15 is 0 Å².